The first-order valence-corrected chi connectivity index (χ1v) is 14.3. The van der Waals surface area contributed by atoms with Crippen LogP contribution in [-0.2, 0) is 27.5 Å². The van der Waals surface area contributed by atoms with E-state index in [1.165, 1.54) is 10.4 Å². The zero-order valence-electron chi connectivity index (χ0n) is 18.2. The predicted molar refractivity (Wildman–Crippen MR) is 136 cm³/mol. The van der Waals surface area contributed by atoms with Gasteiger partial charge in [0.1, 0.15) is 10.0 Å². The normalized spacial score (nSPS) is 16.0. The highest BCUT2D eigenvalue weighted by Gasteiger charge is 2.27. The molecule has 33 heavy (non-hydrogen) atoms. The van der Waals surface area contributed by atoms with Gasteiger partial charge in [0.15, 0.2) is 9.84 Å². The molecule has 5 nitrogen and oxygen atoms in total. The highest BCUT2D eigenvalue weighted by molar-refractivity contribution is 7.91. The summed E-state index contributed by atoms with van der Waals surface area (Å²) in [6, 6.07) is 16.3. The van der Waals surface area contributed by atoms with Crippen LogP contribution in [0.2, 0.25) is 0 Å². The summed E-state index contributed by atoms with van der Waals surface area (Å²) in [6.45, 7) is 2.26. The first-order chi connectivity index (χ1) is 15.9. The van der Waals surface area contributed by atoms with Crippen LogP contribution in [0.4, 0.5) is 5.00 Å². The average molecular weight is 497 g/mol. The van der Waals surface area contributed by atoms with Crippen molar-refractivity contribution < 1.29 is 13.2 Å². The van der Waals surface area contributed by atoms with Crippen molar-refractivity contribution >= 4 is 53.6 Å². The number of hydrogen-bond acceptors (Lipinski definition) is 6. The Hall–Kier alpha value is -2.55. The monoisotopic (exact) mass is 496 g/mol. The number of rotatable bonds is 6. The third kappa shape index (κ3) is 4.60. The Morgan fingerprint density at radius 1 is 1.09 bits per heavy atom. The number of aromatic nitrogens is 1. The maximum Gasteiger partial charge on any atom is 0.226 e. The van der Waals surface area contributed by atoms with Crippen LogP contribution in [-0.4, -0.2) is 25.1 Å². The van der Waals surface area contributed by atoms with Gasteiger partial charge < -0.3 is 5.32 Å². The van der Waals surface area contributed by atoms with Crippen molar-refractivity contribution in [2.45, 2.75) is 37.5 Å². The molecule has 2 aromatic heterocycles. The highest BCUT2D eigenvalue weighted by Crippen LogP contribution is 2.47. The number of carbonyl (C=O) groups excluding carboxylic acids is 1. The minimum atomic E-state index is -3.50. The fraction of sp³-hybridized carbons (Fsp3) is 0.280. The van der Waals surface area contributed by atoms with E-state index < -0.39 is 9.84 Å². The largest absolute Gasteiger partial charge is 0.317 e. The molecule has 2 aromatic carbocycles. The van der Waals surface area contributed by atoms with Gasteiger partial charge in [0.2, 0.25) is 5.91 Å². The average Bonchev–Trinajstić information content (AvgIpc) is 3.38. The van der Waals surface area contributed by atoms with Gasteiger partial charge in [0, 0.05) is 16.9 Å². The van der Waals surface area contributed by atoms with E-state index in [1.54, 1.807) is 53.0 Å². The number of hydrogen-bond donors (Lipinski definition) is 1. The van der Waals surface area contributed by atoms with E-state index >= 15 is 0 Å². The molecule has 1 amide bonds. The lowest BCUT2D eigenvalue weighted by molar-refractivity contribution is -0.115. The molecule has 1 N–H and O–H groups in total. The van der Waals surface area contributed by atoms with Crippen LogP contribution >= 0.6 is 22.7 Å². The van der Waals surface area contributed by atoms with E-state index in [-0.39, 0.29) is 23.0 Å². The molecule has 1 aliphatic rings. The Bertz CT molecular complexity index is 1390. The molecule has 0 saturated heterocycles. The van der Waals surface area contributed by atoms with E-state index in [0.717, 1.165) is 45.1 Å². The number of fused-ring (bicyclic) bond motifs is 2. The summed E-state index contributed by atoms with van der Waals surface area (Å²) in [6.07, 6.45) is 2.99. The number of nitrogens with one attached hydrogen (secondary N) is 1. The number of amides is 1. The first-order valence-electron chi connectivity index (χ1n) is 11.0. The van der Waals surface area contributed by atoms with E-state index in [1.807, 2.05) is 18.2 Å². The van der Waals surface area contributed by atoms with E-state index in [0.29, 0.717) is 5.92 Å². The van der Waals surface area contributed by atoms with Crippen molar-refractivity contribution in [2.24, 2.45) is 5.92 Å². The maximum atomic E-state index is 12.8. The van der Waals surface area contributed by atoms with Gasteiger partial charge in [-0.25, -0.2) is 13.4 Å². The van der Waals surface area contributed by atoms with Crippen molar-refractivity contribution in [3.63, 3.8) is 0 Å². The van der Waals surface area contributed by atoms with Crippen molar-refractivity contribution in [3.05, 3.63) is 65.0 Å². The molecular formula is C25H24N2O3S3. The quantitative estimate of drug-likeness (QED) is 0.358. The van der Waals surface area contributed by atoms with Crippen molar-refractivity contribution in [1.82, 2.24) is 4.98 Å². The molecule has 5 rings (SSSR count). The smallest absolute Gasteiger partial charge is 0.226 e. The van der Waals surface area contributed by atoms with Gasteiger partial charge in [-0.1, -0.05) is 37.3 Å². The SMILES string of the molecule is C[C@@H]1CCc2c(sc(NC(=O)CCS(=O)(=O)c3ccccc3)c2-c2nc3ccccc3s2)C1. The van der Waals surface area contributed by atoms with Crippen LogP contribution in [0.1, 0.15) is 30.2 Å². The minimum Gasteiger partial charge on any atom is -0.317 e. The molecule has 0 saturated carbocycles. The topological polar surface area (TPSA) is 76.1 Å². The van der Waals surface area contributed by atoms with Crippen LogP contribution in [0.3, 0.4) is 0 Å². The lowest BCUT2D eigenvalue weighted by atomic mass is 9.88. The summed E-state index contributed by atoms with van der Waals surface area (Å²) in [5.41, 5.74) is 3.25. The maximum absolute atomic E-state index is 12.8. The second kappa shape index (κ2) is 9.00. The molecule has 2 heterocycles. The molecule has 0 fully saturated rings. The molecule has 170 valence electrons. The minimum absolute atomic E-state index is 0.0878. The molecule has 0 aliphatic heterocycles. The number of nitrogens with zero attached hydrogens (tertiary/aromatic N) is 1. The summed E-state index contributed by atoms with van der Waals surface area (Å²) < 4.78 is 26.3. The number of sulfone groups is 1. The van der Waals surface area contributed by atoms with Crippen LogP contribution in [0.25, 0.3) is 20.8 Å². The molecule has 0 unspecified atom stereocenters. The summed E-state index contributed by atoms with van der Waals surface area (Å²) in [4.78, 5) is 19.2. The van der Waals surface area contributed by atoms with Gasteiger partial charge in [0.05, 0.1) is 20.9 Å². The zero-order valence-corrected chi connectivity index (χ0v) is 20.7. The lowest BCUT2D eigenvalue weighted by Crippen LogP contribution is -2.17. The Balaban J connectivity index is 1.42. The molecule has 1 aliphatic carbocycles. The van der Waals surface area contributed by atoms with Crippen molar-refractivity contribution in [2.75, 3.05) is 11.1 Å². The lowest BCUT2D eigenvalue weighted by Gasteiger charge is -2.18. The molecule has 0 bridgehead atoms. The number of anilines is 1. The Labute approximate surface area is 201 Å². The third-order valence-corrected chi connectivity index (χ3v) is 9.93. The summed E-state index contributed by atoms with van der Waals surface area (Å²) in [5, 5.41) is 4.73. The number of thiophene rings is 1. The molecule has 0 spiro atoms. The molecule has 4 aromatic rings. The summed E-state index contributed by atoms with van der Waals surface area (Å²) in [7, 11) is -3.50. The van der Waals surface area contributed by atoms with Crippen LogP contribution in [0, 0.1) is 5.92 Å². The Morgan fingerprint density at radius 3 is 2.64 bits per heavy atom. The standard InChI is InChI=1S/C25H24N2O3S3/c1-16-11-12-18-21(15-16)32-25(23(18)24-26-19-9-5-6-10-20(19)31-24)27-22(28)13-14-33(29,30)17-7-3-2-4-8-17/h2-10,16H,11-15H2,1H3,(H,27,28)/t16-/m1/s1. The number of carbonyl (C=O) groups is 1. The fourth-order valence-corrected chi connectivity index (χ4v) is 8.01. The first kappa shape index (κ1) is 22.3. The van der Waals surface area contributed by atoms with Gasteiger partial charge in [-0.05, 0) is 55.0 Å². The van der Waals surface area contributed by atoms with E-state index in [4.69, 9.17) is 4.98 Å². The van der Waals surface area contributed by atoms with E-state index in [2.05, 4.69) is 18.3 Å². The van der Waals surface area contributed by atoms with Crippen LogP contribution < -0.4 is 5.32 Å². The second-order valence-corrected chi connectivity index (χ2v) is 12.7. The third-order valence-electron chi connectivity index (χ3n) is 5.97. The van der Waals surface area contributed by atoms with Gasteiger partial charge in [-0.2, -0.15) is 0 Å². The van der Waals surface area contributed by atoms with Crippen molar-refractivity contribution in [3.8, 4) is 10.6 Å². The van der Waals surface area contributed by atoms with Crippen LogP contribution in [0.5, 0.6) is 0 Å². The molecule has 8 heteroatoms. The Kier molecular flexibility index (Phi) is 6.07. The zero-order chi connectivity index (χ0) is 23.0. The number of benzene rings is 2. The molecular weight excluding hydrogens is 472 g/mol. The van der Waals surface area contributed by atoms with E-state index in [9.17, 15) is 13.2 Å². The van der Waals surface area contributed by atoms with Crippen LogP contribution in [0.15, 0.2) is 59.5 Å². The number of para-hydroxylation sites is 1. The second-order valence-electron chi connectivity index (χ2n) is 8.47. The number of thiazole rings is 1. The van der Waals surface area contributed by atoms with Gasteiger partial charge in [-0.15, -0.1) is 22.7 Å². The molecule has 1 atom stereocenters. The summed E-state index contributed by atoms with van der Waals surface area (Å²) >= 11 is 3.25. The van der Waals surface area contributed by atoms with Gasteiger partial charge in [0.25, 0.3) is 0 Å². The van der Waals surface area contributed by atoms with Gasteiger partial charge >= 0.3 is 0 Å². The highest BCUT2D eigenvalue weighted by atomic mass is 32.2. The van der Waals surface area contributed by atoms with Crippen molar-refractivity contribution in [1.29, 1.82) is 0 Å². The van der Waals surface area contributed by atoms with Gasteiger partial charge in [-0.3, -0.25) is 4.79 Å². The predicted octanol–water partition coefficient (Wildman–Crippen LogP) is 5.95. The summed E-state index contributed by atoms with van der Waals surface area (Å²) in [5.74, 6) is 0.101. The fourth-order valence-electron chi connectivity index (χ4n) is 4.21. The molecule has 0 radical (unpaired) electrons. The Morgan fingerprint density at radius 2 is 1.85 bits per heavy atom.